The second-order valence-corrected chi connectivity index (χ2v) is 6.96. The molecule has 0 amide bonds. The van der Waals surface area contributed by atoms with E-state index >= 15 is 0 Å². The van der Waals surface area contributed by atoms with Gasteiger partial charge in [-0.2, -0.15) is 0 Å². The molecule has 0 atom stereocenters. The van der Waals surface area contributed by atoms with Gasteiger partial charge in [0.2, 0.25) is 0 Å². The van der Waals surface area contributed by atoms with Crippen molar-refractivity contribution in [1.82, 2.24) is 9.38 Å². The summed E-state index contributed by atoms with van der Waals surface area (Å²) < 4.78 is 2.42. The van der Waals surface area contributed by atoms with Crippen molar-refractivity contribution in [2.75, 3.05) is 0 Å². The molecule has 2 aromatic heterocycles. The Bertz CT molecular complexity index is 1100. The van der Waals surface area contributed by atoms with Crippen molar-refractivity contribution in [3.8, 4) is 0 Å². The lowest BCUT2D eigenvalue weighted by Crippen LogP contribution is -2.22. The normalized spacial score (nSPS) is 12.7. The molecule has 0 fully saturated rings. The number of thiazole rings is 1. The summed E-state index contributed by atoms with van der Waals surface area (Å²) in [7, 11) is 0. The Morgan fingerprint density at radius 3 is 2.57 bits per heavy atom. The Morgan fingerprint density at radius 1 is 1.09 bits per heavy atom. The molecule has 0 aliphatic heterocycles. The first-order chi connectivity index (χ1) is 11.1. The van der Waals surface area contributed by atoms with Crippen LogP contribution in [0.2, 0.25) is 0 Å². The number of nitrogens with zero attached hydrogens (tertiary/aromatic N) is 2. The molecule has 0 aliphatic rings. The van der Waals surface area contributed by atoms with Gasteiger partial charge >= 0.3 is 0 Å². The average Bonchev–Trinajstić information content (AvgIpc) is 3.05. The fraction of sp³-hybridized carbons (Fsp3) is 0.158. The summed E-state index contributed by atoms with van der Waals surface area (Å²) in [5, 5.41) is 0. The van der Waals surface area contributed by atoms with Crippen molar-refractivity contribution >= 4 is 33.4 Å². The van der Waals surface area contributed by atoms with Gasteiger partial charge in [-0.25, -0.2) is 9.38 Å². The zero-order valence-corrected chi connectivity index (χ0v) is 13.8. The van der Waals surface area contributed by atoms with Gasteiger partial charge < -0.3 is 0 Å². The van der Waals surface area contributed by atoms with Gasteiger partial charge in [0.15, 0.2) is 4.96 Å². The number of hydrogen-bond acceptors (Lipinski definition) is 3. The third-order valence-corrected chi connectivity index (χ3v) is 5.01. The number of aromatic nitrogens is 2. The van der Waals surface area contributed by atoms with E-state index in [1.807, 2.05) is 30.3 Å². The lowest BCUT2D eigenvalue weighted by atomic mass is 10.0. The van der Waals surface area contributed by atoms with Gasteiger partial charge in [-0.1, -0.05) is 61.6 Å². The molecule has 23 heavy (non-hydrogen) atoms. The van der Waals surface area contributed by atoms with Gasteiger partial charge in [0, 0.05) is 0 Å². The van der Waals surface area contributed by atoms with Crippen LogP contribution in [0.15, 0.2) is 53.3 Å². The Labute approximate surface area is 137 Å². The minimum atomic E-state index is 0.00614. The molecule has 0 N–H and O–H groups in total. The summed E-state index contributed by atoms with van der Waals surface area (Å²) in [5.41, 5.74) is 4.09. The van der Waals surface area contributed by atoms with Crippen LogP contribution in [-0.4, -0.2) is 9.38 Å². The first-order valence-corrected chi connectivity index (χ1v) is 8.47. The summed E-state index contributed by atoms with van der Waals surface area (Å²) in [4.78, 5) is 18.0. The molecule has 114 valence electrons. The highest BCUT2D eigenvalue weighted by Crippen LogP contribution is 2.17. The first-order valence-electron chi connectivity index (χ1n) is 7.65. The molecule has 0 saturated carbocycles. The van der Waals surface area contributed by atoms with Crippen LogP contribution in [-0.2, 0) is 0 Å². The van der Waals surface area contributed by atoms with Crippen LogP contribution in [0.25, 0.3) is 22.1 Å². The highest BCUT2D eigenvalue weighted by Gasteiger charge is 2.10. The van der Waals surface area contributed by atoms with Crippen LogP contribution in [0.4, 0.5) is 0 Å². The number of para-hydroxylation sites is 2. The zero-order valence-electron chi connectivity index (χ0n) is 13.0. The van der Waals surface area contributed by atoms with E-state index in [2.05, 4.69) is 43.1 Å². The van der Waals surface area contributed by atoms with Crippen molar-refractivity contribution in [3.63, 3.8) is 0 Å². The van der Waals surface area contributed by atoms with E-state index < -0.39 is 0 Å². The molecule has 2 heterocycles. The number of imidazole rings is 1. The molecular weight excluding hydrogens is 304 g/mol. The van der Waals surface area contributed by atoms with Crippen molar-refractivity contribution in [2.24, 2.45) is 0 Å². The Kier molecular flexibility index (Phi) is 3.27. The van der Waals surface area contributed by atoms with E-state index in [1.165, 1.54) is 16.9 Å². The van der Waals surface area contributed by atoms with Gasteiger partial charge in [0.05, 0.1) is 15.6 Å². The van der Waals surface area contributed by atoms with Crippen molar-refractivity contribution in [2.45, 2.75) is 19.8 Å². The predicted octanol–water partition coefficient (Wildman–Crippen LogP) is 3.58. The summed E-state index contributed by atoms with van der Waals surface area (Å²) in [5.74, 6) is 0.510. The number of fused-ring (bicyclic) bond motifs is 3. The van der Waals surface area contributed by atoms with E-state index in [9.17, 15) is 4.79 Å². The van der Waals surface area contributed by atoms with Crippen LogP contribution < -0.4 is 10.1 Å². The molecule has 2 aromatic carbocycles. The average molecular weight is 320 g/mol. The van der Waals surface area contributed by atoms with E-state index in [4.69, 9.17) is 0 Å². The van der Waals surface area contributed by atoms with Crippen LogP contribution in [0.5, 0.6) is 0 Å². The van der Waals surface area contributed by atoms with E-state index in [0.29, 0.717) is 5.92 Å². The van der Waals surface area contributed by atoms with Gasteiger partial charge in [0.1, 0.15) is 0 Å². The molecule has 0 spiro atoms. The summed E-state index contributed by atoms with van der Waals surface area (Å²) >= 11 is 1.44. The smallest absolute Gasteiger partial charge is 0.267 e. The van der Waals surface area contributed by atoms with Gasteiger partial charge in [0.25, 0.3) is 5.56 Å². The number of hydrogen-bond donors (Lipinski definition) is 0. The molecule has 4 rings (SSSR count). The summed E-state index contributed by atoms with van der Waals surface area (Å²) in [6, 6.07) is 16.1. The highest BCUT2D eigenvalue weighted by molar-refractivity contribution is 7.15. The second-order valence-electron chi connectivity index (χ2n) is 5.96. The topological polar surface area (TPSA) is 34.4 Å². The number of benzene rings is 2. The van der Waals surface area contributed by atoms with Crippen LogP contribution >= 0.6 is 11.3 Å². The van der Waals surface area contributed by atoms with Crippen LogP contribution in [0.3, 0.4) is 0 Å². The van der Waals surface area contributed by atoms with Crippen molar-refractivity contribution in [1.29, 1.82) is 0 Å². The van der Waals surface area contributed by atoms with Gasteiger partial charge in [-0.15, -0.1) is 0 Å². The van der Waals surface area contributed by atoms with E-state index in [0.717, 1.165) is 26.1 Å². The van der Waals surface area contributed by atoms with Crippen molar-refractivity contribution < 1.29 is 0 Å². The van der Waals surface area contributed by atoms with E-state index in [-0.39, 0.29) is 5.56 Å². The molecule has 0 aliphatic carbocycles. The Balaban J connectivity index is 1.88. The maximum atomic E-state index is 12.7. The second kappa shape index (κ2) is 5.32. The predicted molar refractivity (Wildman–Crippen MR) is 96.2 cm³/mol. The quantitative estimate of drug-likeness (QED) is 0.566. The summed E-state index contributed by atoms with van der Waals surface area (Å²) in [6.45, 7) is 4.35. The molecular formula is C19H16N2OS. The summed E-state index contributed by atoms with van der Waals surface area (Å²) in [6.07, 6.45) is 1.94. The largest absolute Gasteiger partial charge is 0.274 e. The highest BCUT2D eigenvalue weighted by atomic mass is 32.1. The van der Waals surface area contributed by atoms with Crippen LogP contribution in [0, 0.1) is 0 Å². The minimum Gasteiger partial charge on any atom is -0.267 e. The molecule has 3 nitrogen and oxygen atoms in total. The molecule has 4 heteroatoms. The molecule has 4 aromatic rings. The first kappa shape index (κ1) is 14.2. The minimum absolute atomic E-state index is 0.00614. The fourth-order valence-corrected chi connectivity index (χ4v) is 3.73. The van der Waals surface area contributed by atoms with Gasteiger partial charge in [-0.05, 0) is 35.3 Å². The molecule has 0 saturated heterocycles. The fourth-order valence-electron chi connectivity index (χ4n) is 2.74. The maximum Gasteiger partial charge on any atom is 0.274 e. The van der Waals surface area contributed by atoms with E-state index in [1.54, 1.807) is 4.40 Å². The molecule has 0 bridgehead atoms. The Hall–Kier alpha value is -2.46. The maximum absolute atomic E-state index is 12.7. The third kappa shape index (κ3) is 2.35. The lowest BCUT2D eigenvalue weighted by molar-refractivity contribution is 0.866. The Morgan fingerprint density at radius 2 is 1.83 bits per heavy atom. The van der Waals surface area contributed by atoms with Crippen molar-refractivity contribution in [3.05, 3.63) is 74.5 Å². The van der Waals surface area contributed by atoms with Gasteiger partial charge in [-0.3, -0.25) is 4.79 Å². The van der Waals surface area contributed by atoms with Crippen LogP contribution in [0.1, 0.15) is 30.9 Å². The standard InChI is InChI=1S/C19H16N2OS/c1-12(2)14-9-7-13(8-10-14)11-17-18(22)21-16-6-4-3-5-15(16)20-19(21)23-17/h3-12H,1-2H3/b17-11-. The molecule has 0 radical (unpaired) electrons. The number of rotatable bonds is 2. The monoisotopic (exact) mass is 320 g/mol. The molecule has 0 unspecified atom stereocenters. The SMILES string of the molecule is CC(C)c1ccc(/C=c2\sc3nc4ccccc4n3c2=O)cc1. The third-order valence-electron chi connectivity index (χ3n) is 4.05. The lowest BCUT2D eigenvalue weighted by Gasteiger charge is -2.04. The zero-order chi connectivity index (χ0) is 16.0.